The molecule has 0 aliphatic heterocycles. The van der Waals surface area contributed by atoms with Crippen LogP contribution in [0.2, 0.25) is 0 Å². The molecule has 0 unspecified atom stereocenters. The zero-order valence-electron chi connectivity index (χ0n) is 31.1. The van der Waals surface area contributed by atoms with Crippen molar-refractivity contribution in [1.29, 1.82) is 0 Å². The van der Waals surface area contributed by atoms with E-state index in [9.17, 15) is 0 Å². The lowest BCUT2D eigenvalue weighted by Gasteiger charge is -2.26. The Morgan fingerprint density at radius 3 is 1.51 bits per heavy atom. The van der Waals surface area contributed by atoms with E-state index >= 15 is 0 Å². The average Bonchev–Trinajstić information content (AvgIpc) is 3.83. The molecule has 0 spiro atoms. The number of para-hydroxylation sites is 4. The first-order valence-corrected chi connectivity index (χ1v) is 19.4. The van der Waals surface area contributed by atoms with E-state index in [-0.39, 0.29) is 0 Å². The Morgan fingerprint density at radius 1 is 0.316 bits per heavy atom. The Morgan fingerprint density at radius 2 is 0.807 bits per heavy atom. The van der Waals surface area contributed by atoms with E-state index in [0.29, 0.717) is 0 Å². The molecule has 2 heterocycles. The van der Waals surface area contributed by atoms with Gasteiger partial charge in [0.15, 0.2) is 0 Å². The van der Waals surface area contributed by atoms with Crippen LogP contribution in [0.15, 0.2) is 223 Å². The number of rotatable bonds is 7. The molecular weight excluding hydrogens is 693 g/mol. The van der Waals surface area contributed by atoms with Gasteiger partial charge in [-0.25, -0.2) is 0 Å². The van der Waals surface area contributed by atoms with Gasteiger partial charge in [0.25, 0.3) is 0 Å². The molecular formula is C54H36N2O. The molecule has 0 atom stereocenters. The Labute approximate surface area is 330 Å². The van der Waals surface area contributed by atoms with E-state index in [1.807, 2.05) is 12.1 Å². The highest BCUT2D eigenvalue weighted by Gasteiger charge is 2.19. The molecule has 11 rings (SSSR count). The maximum absolute atomic E-state index is 6.23. The highest BCUT2D eigenvalue weighted by atomic mass is 16.3. The van der Waals surface area contributed by atoms with E-state index in [4.69, 9.17) is 4.42 Å². The lowest BCUT2D eigenvalue weighted by Crippen LogP contribution is -2.09. The fraction of sp³-hybridized carbons (Fsp3) is 0. The van der Waals surface area contributed by atoms with Crippen molar-refractivity contribution in [3.8, 4) is 39.1 Å². The highest BCUT2D eigenvalue weighted by molar-refractivity contribution is 6.10. The SMILES string of the molecule is c1ccc(-c2ccc(N(c3ccc(-c4ccccc4-c4ccccc4-n4c5ccccc5c5ccccc54)cc3)c3ccc4oc5ccccc5c4c3)cc2)cc1. The second-order valence-electron chi connectivity index (χ2n) is 14.5. The van der Waals surface area contributed by atoms with Crippen LogP contribution in [0, 0.1) is 0 Å². The van der Waals surface area contributed by atoms with Gasteiger partial charge in [-0.2, -0.15) is 0 Å². The lowest BCUT2D eigenvalue weighted by atomic mass is 9.93. The summed E-state index contributed by atoms with van der Waals surface area (Å²) < 4.78 is 8.65. The normalized spacial score (nSPS) is 11.5. The van der Waals surface area contributed by atoms with Gasteiger partial charge >= 0.3 is 0 Å². The van der Waals surface area contributed by atoms with Crippen LogP contribution in [0.25, 0.3) is 82.8 Å². The van der Waals surface area contributed by atoms with Gasteiger partial charge in [0, 0.05) is 44.2 Å². The molecule has 0 saturated carbocycles. The van der Waals surface area contributed by atoms with Crippen LogP contribution in [0.4, 0.5) is 17.1 Å². The summed E-state index contributed by atoms with van der Waals surface area (Å²) in [5.41, 5.74) is 15.6. The summed E-state index contributed by atoms with van der Waals surface area (Å²) in [5.74, 6) is 0. The van der Waals surface area contributed by atoms with Crippen LogP contribution in [-0.2, 0) is 0 Å². The number of hydrogen-bond donors (Lipinski definition) is 0. The lowest BCUT2D eigenvalue weighted by molar-refractivity contribution is 0.669. The van der Waals surface area contributed by atoms with Gasteiger partial charge in [-0.05, 0) is 94.5 Å². The van der Waals surface area contributed by atoms with Gasteiger partial charge in [-0.15, -0.1) is 0 Å². The summed E-state index contributed by atoms with van der Waals surface area (Å²) in [7, 11) is 0. The average molecular weight is 729 g/mol. The molecule has 11 aromatic rings. The second-order valence-corrected chi connectivity index (χ2v) is 14.5. The topological polar surface area (TPSA) is 21.3 Å². The van der Waals surface area contributed by atoms with Crippen molar-refractivity contribution in [1.82, 2.24) is 4.57 Å². The summed E-state index contributed by atoms with van der Waals surface area (Å²) in [6, 6.07) is 78.2. The van der Waals surface area contributed by atoms with Gasteiger partial charge in [0.05, 0.1) is 16.7 Å². The molecule has 0 fully saturated rings. The van der Waals surface area contributed by atoms with Crippen molar-refractivity contribution >= 4 is 60.8 Å². The van der Waals surface area contributed by atoms with Crippen LogP contribution in [0.3, 0.4) is 0 Å². The monoisotopic (exact) mass is 728 g/mol. The van der Waals surface area contributed by atoms with E-state index < -0.39 is 0 Å². The van der Waals surface area contributed by atoms with Crippen molar-refractivity contribution in [2.45, 2.75) is 0 Å². The summed E-state index contributed by atoms with van der Waals surface area (Å²) in [5, 5.41) is 4.72. The molecule has 9 aromatic carbocycles. The predicted octanol–water partition coefficient (Wildman–Crippen LogP) is 15.2. The summed E-state index contributed by atoms with van der Waals surface area (Å²) in [6.07, 6.45) is 0. The number of fused-ring (bicyclic) bond motifs is 6. The first kappa shape index (κ1) is 32.8. The van der Waals surface area contributed by atoms with E-state index in [2.05, 4.69) is 216 Å². The third-order valence-corrected chi connectivity index (χ3v) is 11.2. The fourth-order valence-corrected chi connectivity index (χ4v) is 8.57. The molecule has 0 saturated heterocycles. The Kier molecular flexibility index (Phi) is 7.82. The number of nitrogens with zero attached hydrogens (tertiary/aromatic N) is 2. The standard InChI is InChI=1S/C54H36N2O/c1-2-14-37(15-3-1)38-26-30-40(31-27-38)55(42-34-35-54-49(36-42)48-21-9-13-25-53(48)57-54)41-32-28-39(29-33-41)43-16-4-5-17-44(43)45-18-6-10-22-50(45)56-51-23-11-7-19-46(51)47-20-8-12-24-52(47)56/h1-36H. The number of benzene rings is 9. The Hall–Kier alpha value is -7.62. The van der Waals surface area contributed by atoms with Gasteiger partial charge in [0.2, 0.25) is 0 Å². The predicted molar refractivity (Wildman–Crippen MR) is 239 cm³/mol. The smallest absolute Gasteiger partial charge is 0.135 e. The molecule has 57 heavy (non-hydrogen) atoms. The zero-order valence-corrected chi connectivity index (χ0v) is 31.1. The van der Waals surface area contributed by atoms with Crippen LogP contribution in [0.1, 0.15) is 0 Å². The van der Waals surface area contributed by atoms with Crippen molar-refractivity contribution in [3.63, 3.8) is 0 Å². The molecule has 0 aliphatic carbocycles. The minimum Gasteiger partial charge on any atom is -0.456 e. The second kappa shape index (κ2) is 13.6. The van der Waals surface area contributed by atoms with Crippen molar-refractivity contribution in [3.05, 3.63) is 218 Å². The molecule has 0 amide bonds. The molecule has 2 aromatic heterocycles. The molecule has 0 radical (unpaired) electrons. The molecule has 3 heteroatoms. The molecule has 268 valence electrons. The molecule has 0 bridgehead atoms. The summed E-state index contributed by atoms with van der Waals surface area (Å²) >= 11 is 0. The summed E-state index contributed by atoms with van der Waals surface area (Å²) in [4.78, 5) is 2.34. The Bertz CT molecular complexity index is 3170. The van der Waals surface area contributed by atoms with Crippen molar-refractivity contribution in [2.75, 3.05) is 4.90 Å². The third kappa shape index (κ3) is 5.60. The quantitative estimate of drug-likeness (QED) is 0.163. The minimum atomic E-state index is 0.882. The largest absolute Gasteiger partial charge is 0.456 e. The number of furan rings is 1. The maximum Gasteiger partial charge on any atom is 0.135 e. The fourth-order valence-electron chi connectivity index (χ4n) is 8.57. The van der Waals surface area contributed by atoms with Crippen LogP contribution in [0.5, 0.6) is 0 Å². The van der Waals surface area contributed by atoms with E-state index in [0.717, 1.165) is 50.3 Å². The van der Waals surface area contributed by atoms with Gasteiger partial charge in [-0.3, -0.25) is 0 Å². The first-order chi connectivity index (χ1) is 28.3. The van der Waals surface area contributed by atoms with E-state index in [1.165, 1.54) is 49.6 Å². The van der Waals surface area contributed by atoms with Gasteiger partial charge in [0.1, 0.15) is 11.2 Å². The first-order valence-electron chi connectivity index (χ1n) is 19.4. The number of aromatic nitrogens is 1. The number of hydrogen-bond acceptors (Lipinski definition) is 2. The highest BCUT2D eigenvalue weighted by Crippen LogP contribution is 2.42. The Balaban J connectivity index is 1.03. The number of anilines is 3. The zero-order chi connectivity index (χ0) is 37.7. The third-order valence-electron chi connectivity index (χ3n) is 11.2. The molecule has 3 nitrogen and oxygen atoms in total. The van der Waals surface area contributed by atoms with Crippen LogP contribution >= 0.6 is 0 Å². The van der Waals surface area contributed by atoms with Gasteiger partial charge < -0.3 is 13.9 Å². The minimum absolute atomic E-state index is 0.882. The van der Waals surface area contributed by atoms with Crippen LogP contribution in [-0.4, -0.2) is 4.57 Å². The van der Waals surface area contributed by atoms with Crippen molar-refractivity contribution < 1.29 is 4.42 Å². The molecule has 0 aliphatic rings. The van der Waals surface area contributed by atoms with Crippen molar-refractivity contribution in [2.24, 2.45) is 0 Å². The molecule has 0 N–H and O–H groups in total. The van der Waals surface area contributed by atoms with Crippen LogP contribution < -0.4 is 4.90 Å². The summed E-state index contributed by atoms with van der Waals surface area (Å²) in [6.45, 7) is 0. The van der Waals surface area contributed by atoms with Gasteiger partial charge in [-0.1, -0.05) is 152 Å². The van der Waals surface area contributed by atoms with E-state index in [1.54, 1.807) is 0 Å². The maximum atomic E-state index is 6.23.